The lowest BCUT2D eigenvalue weighted by Gasteiger charge is -2.25. The molecule has 5 nitrogen and oxygen atoms in total. The van der Waals surface area contributed by atoms with Gasteiger partial charge in [0, 0.05) is 11.5 Å². The van der Waals surface area contributed by atoms with Crippen LogP contribution in [-0.2, 0) is 16.2 Å². The fraction of sp³-hybridized carbons (Fsp3) is 0.692. The Hall–Kier alpha value is -1.66. The van der Waals surface area contributed by atoms with Gasteiger partial charge >= 0.3 is 6.09 Å². The molecule has 2 aliphatic carbocycles. The number of hydrogen-bond donors (Lipinski definition) is 1. The summed E-state index contributed by atoms with van der Waals surface area (Å²) >= 11 is 0. The molecule has 0 unspecified atom stereocenters. The third-order valence-electron chi connectivity index (χ3n) is 3.91. The van der Waals surface area contributed by atoms with Crippen LogP contribution in [0.4, 0.5) is 19.4 Å². The van der Waals surface area contributed by atoms with Gasteiger partial charge < -0.3 is 4.74 Å². The van der Waals surface area contributed by atoms with Crippen molar-refractivity contribution in [1.29, 1.82) is 0 Å². The molecule has 2 aliphatic rings. The van der Waals surface area contributed by atoms with Gasteiger partial charge in [0.05, 0.1) is 12.6 Å². The van der Waals surface area contributed by atoms with E-state index in [1.165, 1.54) is 11.8 Å². The van der Waals surface area contributed by atoms with Crippen LogP contribution in [0.25, 0.3) is 0 Å². The molecule has 7 heteroatoms. The molecule has 1 aromatic heterocycles. The average molecular weight is 285 g/mol. The van der Waals surface area contributed by atoms with Crippen LogP contribution >= 0.6 is 0 Å². The van der Waals surface area contributed by atoms with E-state index in [2.05, 4.69) is 15.2 Å². The number of nitrogens with zero attached hydrogens (tertiary/aromatic N) is 2. The smallest absolute Gasteiger partial charge is 0.412 e. The van der Waals surface area contributed by atoms with Crippen molar-refractivity contribution in [3.63, 3.8) is 0 Å². The highest BCUT2D eigenvalue weighted by Gasteiger charge is 2.67. The quantitative estimate of drug-likeness (QED) is 0.863. The number of carbonyl (C=O) groups is 1. The number of methoxy groups -OCH3 is 1. The number of carbonyl (C=O) groups excluding carboxylic acids is 1. The van der Waals surface area contributed by atoms with Crippen LogP contribution in [0.2, 0.25) is 0 Å². The predicted octanol–water partition coefficient (Wildman–Crippen LogP) is 3.03. The number of alkyl halides is 2. The van der Waals surface area contributed by atoms with E-state index in [4.69, 9.17) is 0 Å². The van der Waals surface area contributed by atoms with Gasteiger partial charge in [0.2, 0.25) is 0 Å². The summed E-state index contributed by atoms with van der Waals surface area (Å²) in [5, 5.41) is 6.64. The van der Waals surface area contributed by atoms with E-state index in [0.717, 1.165) is 0 Å². The lowest BCUT2D eigenvalue weighted by molar-refractivity contribution is -0.0342. The van der Waals surface area contributed by atoms with Gasteiger partial charge in [-0.15, -0.1) is 0 Å². The molecule has 0 aliphatic heterocycles. The molecule has 20 heavy (non-hydrogen) atoms. The molecule has 1 heterocycles. The number of ether oxygens (including phenoxy) is 1. The molecule has 0 radical (unpaired) electrons. The summed E-state index contributed by atoms with van der Waals surface area (Å²) in [4.78, 5) is 11.4. The number of aromatic nitrogens is 2. The van der Waals surface area contributed by atoms with E-state index < -0.39 is 23.5 Å². The fourth-order valence-electron chi connectivity index (χ4n) is 2.92. The molecule has 1 saturated carbocycles. The molecule has 0 bridgehead atoms. The summed E-state index contributed by atoms with van der Waals surface area (Å²) in [5.41, 5.74) is -0.168. The largest absolute Gasteiger partial charge is 0.453 e. The van der Waals surface area contributed by atoms with Crippen molar-refractivity contribution in [3.05, 3.63) is 11.3 Å². The van der Waals surface area contributed by atoms with Crippen LogP contribution in [0.3, 0.4) is 0 Å². The fourth-order valence-corrected chi connectivity index (χ4v) is 2.92. The Bertz CT molecular complexity index is 589. The normalized spacial score (nSPS) is 25.9. The lowest BCUT2D eigenvalue weighted by Crippen LogP contribution is -2.30. The molecule has 1 aromatic rings. The highest BCUT2D eigenvalue weighted by Crippen LogP contribution is 2.68. The molecule has 0 spiro atoms. The van der Waals surface area contributed by atoms with E-state index in [-0.39, 0.29) is 17.4 Å². The minimum atomic E-state index is -2.88. The zero-order valence-electron chi connectivity index (χ0n) is 11.8. The first-order valence-electron chi connectivity index (χ1n) is 6.54. The number of fused-ring (bicyclic) bond motifs is 3. The van der Waals surface area contributed by atoms with Crippen molar-refractivity contribution in [3.8, 4) is 0 Å². The summed E-state index contributed by atoms with van der Waals surface area (Å²) < 4.78 is 34.6. The molecule has 1 fully saturated rings. The topological polar surface area (TPSA) is 56.1 Å². The van der Waals surface area contributed by atoms with Crippen molar-refractivity contribution >= 4 is 11.9 Å². The van der Waals surface area contributed by atoms with Crippen molar-refractivity contribution < 1.29 is 18.3 Å². The minimum Gasteiger partial charge on any atom is -0.453 e. The van der Waals surface area contributed by atoms with Crippen molar-refractivity contribution in [2.45, 2.75) is 44.6 Å². The van der Waals surface area contributed by atoms with Gasteiger partial charge in [-0.2, -0.15) is 13.9 Å². The molecule has 0 aromatic carbocycles. The number of hydrogen-bond acceptors (Lipinski definition) is 3. The van der Waals surface area contributed by atoms with Gasteiger partial charge in [-0.05, 0) is 33.1 Å². The van der Waals surface area contributed by atoms with E-state index >= 15 is 0 Å². The van der Waals surface area contributed by atoms with Crippen LogP contribution in [0.15, 0.2) is 0 Å². The second-order valence-electron chi connectivity index (χ2n) is 6.38. The first kappa shape index (κ1) is 13.3. The monoisotopic (exact) mass is 285 g/mol. The zero-order valence-corrected chi connectivity index (χ0v) is 11.8. The van der Waals surface area contributed by atoms with E-state index in [1.807, 2.05) is 20.8 Å². The second kappa shape index (κ2) is 3.71. The van der Waals surface area contributed by atoms with Crippen LogP contribution in [0.5, 0.6) is 0 Å². The minimum absolute atomic E-state index is 0.0577. The molecular weight excluding hydrogens is 268 g/mol. The number of halogens is 2. The van der Waals surface area contributed by atoms with Gasteiger partial charge in [-0.25, -0.2) is 4.79 Å². The van der Waals surface area contributed by atoms with Crippen LogP contribution < -0.4 is 5.32 Å². The molecule has 1 N–H and O–H groups in total. The third-order valence-corrected chi connectivity index (χ3v) is 3.91. The van der Waals surface area contributed by atoms with Gasteiger partial charge in [0.1, 0.15) is 5.69 Å². The summed E-state index contributed by atoms with van der Waals surface area (Å²) in [6, 6.07) is 0. The number of nitrogens with one attached hydrogen (secondary N) is 1. The van der Waals surface area contributed by atoms with Crippen molar-refractivity contribution in [1.82, 2.24) is 9.78 Å². The van der Waals surface area contributed by atoms with Gasteiger partial charge in [0.25, 0.3) is 5.92 Å². The standard InChI is InChI=1S/C13H17F2N3O2/c1-12(2,3)18-9-8(6-5-7(6)13(9,14)15)10(17-18)16-11(19)20-4/h6-7H,5H2,1-4H3,(H,16,17,19)/t6-,7+/m0/s1. The Kier molecular flexibility index (Phi) is 2.47. The van der Waals surface area contributed by atoms with Crippen LogP contribution in [0.1, 0.15) is 44.4 Å². The SMILES string of the molecule is COC(=O)Nc1nn(C(C)(C)C)c2c1[C@H]1C[C@H]1C2(F)F. The van der Waals surface area contributed by atoms with E-state index in [9.17, 15) is 13.6 Å². The summed E-state index contributed by atoms with van der Waals surface area (Å²) in [5.74, 6) is -3.53. The molecule has 110 valence electrons. The number of rotatable bonds is 1. The second-order valence-corrected chi connectivity index (χ2v) is 6.38. The Morgan fingerprint density at radius 3 is 2.70 bits per heavy atom. The highest BCUT2D eigenvalue weighted by molar-refractivity contribution is 5.85. The van der Waals surface area contributed by atoms with Crippen molar-refractivity contribution in [2.75, 3.05) is 12.4 Å². The Labute approximate surface area is 115 Å². The Morgan fingerprint density at radius 1 is 1.50 bits per heavy atom. The molecular formula is C13H17F2N3O2. The number of amides is 1. The first-order chi connectivity index (χ1) is 9.17. The molecule has 0 saturated heterocycles. The molecule has 2 atom stereocenters. The molecule has 1 amide bonds. The van der Waals surface area contributed by atoms with Crippen molar-refractivity contribution in [2.24, 2.45) is 5.92 Å². The maximum atomic E-state index is 14.4. The van der Waals surface area contributed by atoms with E-state index in [1.54, 1.807) is 0 Å². The maximum absolute atomic E-state index is 14.4. The van der Waals surface area contributed by atoms with Gasteiger partial charge in [-0.3, -0.25) is 10.00 Å². The first-order valence-corrected chi connectivity index (χ1v) is 6.54. The van der Waals surface area contributed by atoms with Gasteiger partial charge in [0.15, 0.2) is 5.82 Å². The van der Waals surface area contributed by atoms with Crippen LogP contribution in [-0.4, -0.2) is 23.0 Å². The maximum Gasteiger partial charge on any atom is 0.412 e. The summed E-state index contributed by atoms with van der Waals surface area (Å²) in [6.45, 7) is 5.42. The van der Waals surface area contributed by atoms with Crippen LogP contribution in [0, 0.1) is 5.92 Å². The summed E-state index contributed by atoms with van der Waals surface area (Å²) in [7, 11) is 1.23. The average Bonchev–Trinajstić information content (AvgIpc) is 2.97. The summed E-state index contributed by atoms with van der Waals surface area (Å²) in [6.07, 6.45) is -0.245. The zero-order chi connectivity index (χ0) is 14.9. The highest BCUT2D eigenvalue weighted by atomic mass is 19.3. The molecule has 3 rings (SSSR count). The predicted molar refractivity (Wildman–Crippen MR) is 68.0 cm³/mol. The Balaban J connectivity index is 2.14. The van der Waals surface area contributed by atoms with Gasteiger partial charge in [-0.1, -0.05) is 0 Å². The third kappa shape index (κ3) is 1.65. The lowest BCUT2D eigenvalue weighted by atomic mass is 10.1. The Morgan fingerprint density at radius 2 is 2.15 bits per heavy atom. The van der Waals surface area contributed by atoms with E-state index in [0.29, 0.717) is 12.0 Å². The number of anilines is 1.